The van der Waals surface area contributed by atoms with Crippen molar-refractivity contribution in [2.75, 3.05) is 40.8 Å². The van der Waals surface area contributed by atoms with Gasteiger partial charge >= 0.3 is 0 Å². The third-order valence-electron chi connectivity index (χ3n) is 5.17. The number of nitrogens with one attached hydrogen (secondary N) is 2. The first-order chi connectivity index (χ1) is 12.4. The molecule has 2 N–H and O–H groups in total. The second kappa shape index (κ2) is 9.88. The number of likely N-dealkylation sites (N-methyl/N-ethyl adjacent to an activating group) is 1. The van der Waals surface area contributed by atoms with Crippen molar-refractivity contribution in [3.8, 4) is 0 Å². The van der Waals surface area contributed by atoms with Crippen LogP contribution in [0.4, 0.5) is 4.39 Å². The third-order valence-corrected chi connectivity index (χ3v) is 5.17. The second-order valence-electron chi connectivity index (χ2n) is 7.53. The first-order valence-corrected chi connectivity index (χ1v) is 9.53. The monoisotopic (exact) mass is 363 g/mol. The molecule has 1 unspecified atom stereocenters. The number of hydrogen-bond donors (Lipinski definition) is 2. The van der Waals surface area contributed by atoms with Gasteiger partial charge in [-0.1, -0.05) is 12.1 Å². The number of nitrogens with zero attached hydrogens (tertiary/aromatic N) is 3. The van der Waals surface area contributed by atoms with Crippen LogP contribution in [-0.2, 0) is 0 Å². The number of halogens is 1. The fourth-order valence-electron chi connectivity index (χ4n) is 3.43. The van der Waals surface area contributed by atoms with E-state index in [1.807, 2.05) is 26.2 Å². The SMILES string of the molecule is CN=C(NCC(c1ccc(F)cc1)N(C)C)NC1CCN(C(C)C)CC1. The van der Waals surface area contributed by atoms with E-state index in [0.29, 0.717) is 18.6 Å². The Labute approximate surface area is 157 Å². The summed E-state index contributed by atoms with van der Waals surface area (Å²) < 4.78 is 13.2. The highest BCUT2D eigenvalue weighted by molar-refractivity contribution is 5.80. The van der Waals surface area contributed by atoms with E-state index < -0.39 is 0 Å². The zero-order chi connectivity index (χ0) is 19.1. The Bertz CT molecular complexity index is 562. The van der Waals surface area contributed by atoms with Gasteiger partial charge in [0, 0.05) is 38.8 Å². The zero-order valence-corrected chi connectivity index (χ0v) is 16.8. The Kier molecular flexibility index (Phi) is 7.85. The molecule has 6 heteroatoms. The van der Waals surface area contributed by atoms with Gasteiger partial charge in [0.15, 0.2) is 5.96 Å². The van der Waals surface area contributed by atoms with Crippen LogP contribution in [-0.4, -0.2) is 68.6 Å². The van der Waals surface area contributed by atoms with Gasteiger partial charge in [-0.25, -0.2) is 4.39 Å². The molecule has 1 heterocycles. The third kappa shape index (κ3) is 5.95. The Morgan fingerprint density at radius 1 is 1.23 bits per heavy atom. The zero-order valence-electron chi connectivity index (χ0n) is 16.8. The molecule has 0 aliphatic carbocycles. The minimum atomic E-state index is -0.204. The fraction of sp³-hybridized carbons (Fsp3) is 0.650. The van der Waals surface area contributed by atoms with Gasteiger partial charge in [-0.15, -0.1) is 0 Å². The summed E-state index contributed by atoms with van der Waals surface area (Å²) in [5.41, 5.74) is 1.09. The molecule has 1 aliphatic heterocycles. The standard InChI is InChI=1S/C20H34FN5/c1-15(2)26-12-10-18(11-13-26)24-20(22-3)23-14-19(25(4)5)16-6-8-17(21)9-7-16/h6-9,15,18-19H,10-14H2,1-5H3,(H2,22,23,24). The Hall–Kier alpha value is -1.66. The van der Waals surface area contributed by atoms with Crippen LogP contribution in [0.15, 0.2) is 29.3 Å². The molecule has 2 rings (SSSR count). The lowest BCUT2D eigenvalue weighted by Crippen LogP contribution is -2.50. The molecule has 1 atom stereocenters. The molecule has 0 spiro atoms. The van der Waals surface area contributed by atoms with E-state index in [9.17, 15) is 4.39 Å². The molecule has 1 aromatic carbocycles. The highest BCUT2D eigenvalue weighted by Crippen LogP contribution is 2.18. The summed E-state index contributed by atoms with van der Waals surface area (Å²) in [6.07, 6.45) is 2.27. The van der Waals surface area contributed by atoms with Crippen LogP contribution >= 0.6 is 0 Å². The lowest BCUT2D eigenvalue weighted by molar-refractivity contribution is 0.167. The van der Waals surface area contributed by atoms with Crippen molar-refractivity contribution in [1.82, 2.24) is 20.4 Å². The quantitative estimate of drug-likeness (QED) is 0.602. The molecular formula is C20H34FN5. The molecule has 146 valence electrons. The van der Waals surface area contributed by atoms with E-state index >= 15 is 0 Å². The number of piperidine rings is 1. The van der Waals surface area contributed by atoms with E-state index in [0.717, 1.165) is 37.5 Å². The number of hydrogen-bond acceptors (Lipinski definition) is 3. The largest absolute Gasteiger partial charge is 0.354 e. The van der Waals surface area contributed by atoms with Gasteiger partial charge in [-0.2, -0.15) is 0 Å². The molecule has 0 radical (unpaired) electrons. The maximum absolute atomic E-state index is 13.2. The first-order valence-electron chi connectivity index (χ1n) is 9.53. The van der Waals surface area contributed by atoms with E-state index in [2.05, 4.69) is 39.3 Å². The molecule has 1 aromatic rings. The average Bonchev–Trinajstić information content (AvgIpc) is 2.62. The summed E-state index contributed by atoms with van der Waals surface area (Å²) in [6, 6.07) is 7.95. The molecular weight excluding hydrogens is 329 g/mol. The number of benzene rings is 1. The van der Waals surface area contributed by atoms with E-state index in [-0.39, 0.29) is 11.9 Å². The Balaban J connectivity index is 1.88. The first kappa shape index (κ1) is 20.6. The number of aliphatic imine (C=N–C) groups is 1. The summed E-state index contributed by atoms with van der Waals surface area (Å²) in [5.74, 6) is 0.631. The van der Waals surface area contributed by atoms with Crippen LogP contribution in [0.2, 0.25) is 0 Å². The molecule has 1 aliphatic rings. The lowest BCUT2D eigenvalue weighted by Gasteiger charge is -2.35. The van der Waals surface area contributed by atoms with Crippen molar-refractivity contribution in [2.24, 2.45) is 4.99 Å². The second-order valence-corrected chi connectivity index (χ2v) is 7.53. The van der Waals surface area contributed by atoms with Crippen molar-refractivity contribution in [3.63, 3.8) is 0 Å². The van der Waals surface area contributed by atoms with Crippen LogP contribution in [0.3, 0.4) is 0 Å². The van der Waals surface area contributed by atoms with Crippen molar-refractivity contribution < 1.29 is 4.39 Å². The van der Waals surface area contributed by atoms with E-state index in [1.54, 1.807) is 7.05 Å². The molecule has 0 saturated carbocycles. The maximum Gasteiger partial charge on any atom is 0.191 e. The fourth-order valence-corrected chi connectivity index (χ4v) is 3.43. The van der Waals surface area contributed by atoms with Crippen LogP contribution in [0.25, 0.3) is 0 Å². The Morgan fingerprint density at radius 3 is 2.35 bits per heavy atom. The molecule has 26 heavy (non-hydrogen) atoms. The topological polar surface area (TPSA) is 42.9 Å². The van der Waals surface area contributed by atoms with Crippen LogP contribution in [0.1, 0.15) is 38.3 Å². The summed E-state index contributed by atoms with van der Waals surface area (Å²) in [4.78, 5) is 9.03. The van der Waals surface area contributed by atoms with Gasteiger partial charge in [0.25, 0.3) is 0 Å². The summed E-state index contributed by atoms with van der Waals surface area (Å²) >= 11 is 0. The van der Waals surface area contributed by atoms with Crippen molar-refractivity contribution >= 4 is 5.96 Å². The number of guanidine groups is 1. The highest BCUT2D eigenvalue weighted by atomic mass is 19.1. The van der Waals surface area contributed by atoms with Crippen molar-refractivity contribution in [3.05, 3.63) is 35.6 Å². The summed E-state index contributed by atoms with van der Waals surface area (Å²) in [6.45, 7) is 7.48. The van der Waals surface area contributed by atoms with E-state index in [4.69, 9.17) is 0 Å². The molecule has 5 nitrogen and oxygen atoms in total. The minimum Gasteiger partial charge on any atom is -0.354 e. The molecule has 0 amide bonds. The predicted octanol–water partition coefficient (Wildman–Crippen LogP) is 2.47. The highest BCUT2D eigenvalue weighted by Gasteiger charge is 2.22. The molecule has 0 aromatic heterocycles. The summed E-state index contributed by atoms with van der Waals surface area (Å²) in [7, 11) is 5.88. The summed E-state index contributed by atoms with van der Waals surface area (Å²) in [5, 5.41) is 6.99. The number of rotatable bonds is 6. The molecule has 0 bridgehead atoms. The average molecular weight is 364 g/mol. The normalized spacial score (nSPS) is 18.4. The van der Waals surface area contributed by atoms with E-state index in [1.165, 1.54) is 12.1 Å². The van der Waals surface area contributed by atoms with Gasteiger partial charge in [-0.05, 0) is 58.5 Å². The van der Waals surface area contributed by atoms with Crippen LogP contribution < -0.4 is 10.6 Å². The number of likely N-dealkylation sites (tertiary alicyclic amines) is 1. The van der Waals surface area contributed by atoms with Gasteiger partial charge in [0.1, 0.15) is 5.82 Å². The van der Waals surface area contributed by atoms with Crippen molar-refractivity contribution in [2.45, 2.75) is 44.8 Å². The minimum absolute atomic E-state index is 0.150. The molecule has 1 saturated heterocycles. The maximum atomic E-state index is 13.2. The van der Waals surface area contributed by atoms with Gasteiger partial charge < -0.3 is 20.4 Å². The van der Waals surface area contributed by atoms with Gasteiger partial charge in [0.05, 0.1) is 6.04 Å². The molecule has 1 fully saturated rings. The lowest BCUT2D eigenvalue weighted by atomic mass is 10.0. The predicted molar refractivity (Wildman–Crippen MR) is 107 cm³/mol. The van der Waals surface area contributed by atoms with Gasteiger partial charge in [-0.3, -0.25) is 4.99 Å². The van der Waals surface area contributed by atoms with Crippen molar-refractivity contribution in [1.29, 1.82) is 0 Å². The van der Waals surface area contributed by atoms with Gasteiger partial charge in [0.2, 0.25) is 0 Å². The smallest absolute Gasteiger partial charge is 0.191 e. The van der Waals surface area contributed by atoms with Crippen LogP contribution in [0, 0.1) is 5.82 Å². The Morgan fingerprint density at radius 2 is 1.85 bits per heavy atom. The van der Waals surface area contributed by atoms with Crippen LogP contribution in [0.5, 0.6) is 0 Å².